The maximum absolute atomic E-state index is 5.69. The number of hydrogen-bond acceptors (Lipinski definition) is 8. The van der Waals surface area contributed by atoms with E-state index in [1.807, 2.05) is 0 Å². The summed E-state index contributed by atoms with van der Waals surface area (Å²) in [5.74, 6) is 7.07. The Morgan fingerprint density at radius 1 is 1.19 bits per heavy atom. The van der Waals surface area contributed by atoms with Crippen LogP contribution in [0.4, 0.5) is 17.8 Å². The molecule has 2 unspecified atom stereocenters. The average Bonchev–Trinajstić information content (AvgIpc) is 3.19. The molecule has 0 saturated carbocycles. The first-order valence-electron chi connectivity index (χ1n) is 7.62. The lowest BCUT2D eigenvalue weighted by Crippen LogP contribution is -2.31. The van der Waals surface area contributed by atoms with Crippen LogP contribution in [0.5, 0.6) is 0 Å². The van der Waals surface area contributed by atoms with Gasteiger partial charge in [-0.05, 0) is 32.6 Å². The van der Waals surface area contributed by atoms with Crippen molar-refractivity contribution in [3.63, 3.8) is 0 Å². The highest BCUT2D eigenvalue weighted by Crippen LogP contribution is 2.21. The number of anilines is 3. The Labute approximate surface area is 124 Å². The number of nitrogen functional groups attached to an aromatic ring is 1. The highest BCUT2D eigenvalue weighted by Gasteiger charge is 2.24. The molecule has 3 rings (SSSR count). The summed E-state index contributed by atoms with van der Waals surface area (Å²) in [7, 11) is 0. The van der Waals surface area contributed by atoms with Crippen molar-refractivity contribution in [2.75, 3.05) is 35.3 Å². The lowest BCUT2D eigenvalue weighted by atomic mass is 10.1. The molecule has 2 aliphatic rings. The molecule has 0 aromatic carbocycles. The monoisotopic (exact) mass is 293 g/mol. The van der Waals surface area contributed by atoms with Crippen LogP contribution in [0.15, 0.2) is 0 Å². The summed E-state index contributed by atoms with van der Waals surface area (Å²) in [6.45, 7) is 4.89. The number of ether oxygens (including phenoxy) is 1. The number of nitrogens with one attached hydrogen (secondary N) is 2. The molecule has 116 valence electrons. The van der Waals surface area contributed by atoms with Crippen molar-refractivity contribution in [2.45, 2.75) is 44.8 Å². The molecule has 0 radical (unpaired) electrons. The molecule has 2 saturated heterocycles. The van der Waals surface area contributed by atoms with Gasteiger partial charge in [0.25, 0.3) is 0 Å². The minimum atomic E-state index is 0.159. The van der Waals surface area contributed by atoms with Gasteiger partial charge in [0.15, 0.2) is 0 Å². The largest absolute Gasteiger partial charge is 0.376 e. The summed E-state index contributed by atoms with van der Waals surface area (Å²) in [5, 5.41) is 3.31. The van der Waals surface area contributed by atoms with Gasteiger partial charge in [0.05, 0.1) is 12.1 Å². The lowest BCUT2D eigenvalue weighted by Gasteiger charge is -2.21. The second-order valence-corrected chi connectivity index (χ2v) is 5.61. The van der Waals surface area contributed by atoms with Crippen LogP contribution in [0, 0.1) is 0 Å². The third-order valence-electron chi connectivity index (χ3n) is 4.02. The Morgan fingerprint density at radius 2 is 1.95 bits per heavy atom. The number of nitrogens with two attached hydrogens (primary N) is 1. The molecule has 1 aromatic rings. The molecule has 2 aliphatic heterocycles. The van der Waals surface area contributed by atoms with Crippen molar-refractivity contribution in [3.8, 4) is 0 Å². The molecular formula is C13H23N7O. The fourth-order valence-corrected chi connectivity index (χ4v) is 2.85. The van der Waals surface area contributed by atoms with Crippen LogP contribution in [-0.2, 0) is 4.74 Å². The number of hydrogen-bond donors (Lipinski definition) is 3. The fraction of sp³-hybridized carbons (Fsp3) is 0.769. The van der Waals surface area contributed by atoms with E-state index in [1.54, 1.807) is 0 Å². The number of rotatable bonds is 5. The summed E-state index contributed by atoms with van der Waals surface area (Å²) in [6, 6.07) is 0.159. The molecular weight excluding hydrogens is 270 g/mol. The average molecular weight is 293 g/mol. The molecule has 3 heterocycles. The molecule has 2 atom stereocenters. The molecule has 8 nitrogen and oxygen atoms in total. The molecule has 21 heavy (non-hydrogen) atoms. The Hall–Kier alpha value is -1.67. The molecule has 8 heteroatoms. The van der Waals surface area contributed by atoms with E-state index in [2.05, 4.69) is 37.5 Å². The van der Waals surface area contributed by atoms with Crippen molar-refractivity contribution >= 4 is 17.8 Å². The van der Waals surface area contributed by atoms with Gasteiger partial charge in [-0.15, -0.1) is 0 Å². The SMILES string of the molecule is CC(Nc1nc(NN)nc(N2CCCC2)n1)C1CCCO1. The summed E-state index contributed by atoms with van der Waals surface area (Å²) in [4.78, 5) is 15.3. The van der Waals surface area contributed by atoms with Crippen molar-refractivity contribution in [1.29, 1.82) is 0 Å². The minimum absolute atomic E-state index is 0.159. The summed E-state index contributed by atoms with van der Waals surface area (Å²) >= 11 is 0. The van der Waals surface area contributed by atoms with E-state index in [4.69, 9.17) is 10.6 Å². The summed E-state index contributed by atoms with van der Waals surface area (Å²) < 4.78 is 5.69. The number of hydrazine groups is 1. The molecule has 2 fully saturated rings. The molecule has 0 aliphatic carbocycles. The quantitative estimate of drug-likeness (QED) is 0.540. The lowest BCUT2D eigenvalue weighted by molar-refractivity contribution is 0.0994. The van der Waals surface area contributed by atoms with Crippen LogP contribution in [0.25, 0.3) is 0 Å². The van der Waals surface area contributed by atoms with Gasteiger partial charge in [-0.2, -0.15) is 15.0 Å². The molecule has 0 amide bonds. The number of nitrogens with zero attached hydrogens (tertiary/aromatic N) is 4. The van der Waals surface area contributed by atoms with Crippen LogP contribution in [0.1, 0.15) is 32.6 Å². The Morgan fingerprint density at radius 3 is 2.62 bits per heavy atom. The van der Waals surface area contributed by atoms with E-state index in [0.717, 1.165) is 32.5 Å². The Kier molecular flexibility index (Phi) is 4.35. The predicted octanol–water partition coefficient (Wildman–Crippen LogP) is 0.737. The first-order chi connectivity index (χ1) is 10.3. The van der Waals surface area contributed by atoms with Gasteiger partial charge < -0.3 is 15.0 Å². The number of aromatic nitrogens is 3. The second kappa shape index (κ2) is 6.40. The molecule has 4 N–H and O–H groups in total. The van der Waals surface area contributed by atoms with Gasteiger partial charge in [-0.3, -0.25) is 5.43 Å². The zero-order chi connectivity index (χ0) is 14.7. The van der Waals surface area contributed by atoms with Crippen molar-refractivity contribution in [1.82, 2.24) is 15.0 Å². The molecule has 0 bridgehead atoms. The van der Waals surface area contributed by atoms with Crippen LogP contribution in [0.3, 0.4) is 0 Å². The van der Waals surface area contributed by atoms with Crippen LogP contribution < -0.4 is 21.5 Å². The zero-order valence-electron chi connectivity index (χ0n) is 12.4. The Bertz CT molecular complexity index is 472. The smallest absolute Gasteiger partial charge is 0.243 e. The maximum Gasteiger partial charge on any atom is 0.243 e. The maximum atomic E-state index is 5.69. The van der Waals surface area contributed by atoms with E-state index in [0.29, 0.717) is 17.8 Å². The molecule has 0 spiro atoms. The van der Waals surface area contributed by atoms with Crippen molar-refractivity contribution in [3.05, 3.63) is 0 Å². The topological polar surface area (TPSA) is 101 Å². The van der Waals surface area contributed by atoms with Gasteiger partial charge in [0.1, 0.15) is 0 Å². The highest BCUT2D eigenvalue weighted by atomic mass is 16.5. The van der Waals surface area contributed by atoms with Crippen molar-refractivity contribution in [2.24, 2.45) is 5.84 Å². The molecule has 1 aromatic heterocycles. The van der Waals surface area contributed by atoms with E-state index in [1.165, 1.54) is 12.8 Å². The van der Waals surface area contributed by atoms with E-state index < -0.39 is 0 Å². The van der Waals surface area contributed by atoms with Crippen LogP contribution >= 0.6 is 0 Å². The van der Waals surface area contributed by atoms with Crippen molar-refractivity contribution < 1.29 is 4.74 Å². The summed E-state index contributed by atoms with van der Waals surface area (Å²) in [5.41, 5.74) is 2.51. The third kappa shape index (κ3) is 3.33. The van der Waals surface area contributed by atoms with Crippen LogP contribution in [0.2, 0.25) is 0 Å². The van der Waals surface area contributed by atoms with Gasteiger partial charge in [-0.1, -0.05) is 0 Å². The highest BCUT2D eigenvalue weighted by molar-refractivity contribution is 5.44. The second-order valence-electron chi connectivity index (χ2n) is 5.61. The van der Waals surface area contributed by atoms with E-state index >= 15 is 0 Å². The van der Waals surface area contributed by atoms with E-state index in [-0.39, 0.29) is 12.1 Å². The summed E-state index contributed by atoms with van der Waals surface area (Å²) in [6.07, 6.45) is 4.74. The Balaban J connectivity index is 1.75. The van der Waals surface area contributed by atoms with Gasteiger partial charge in [0, 0.05) is 19.7 Å². The zero-order valence-corrected chi connectivity index (χ0v) is 12.4. The first-order valence-corrected chi connectivity index (χ1v) is 7.62. The standard InChI is InChI=1S/C13H23N7O/c1-9(10-5-4-8-21-10)15-11-16-12(19-14)18-13(17-11)20-6-2-3-7-20/h9-10H,2-8,14H2,1H3,(H2,15,16,17,18,19). The normalized spacial score (nSPS) is 23.3. The minimum Gasteiger partial charge on any atom is -0.376 e. The fourth-order valence-electron chi connectivity index (χ4n) is 2.85. The van der Waals surface area contributed by atoms with Gasteiger partial charge in [-0.25, -0.2) is 5.84 Å². The predicted molar refractivity (Wildman–Crippen MR) is 81.1 cm³/mol. The van der Waals surface area contributed by atoms with Gasteiger partial charge in [0.2, 0.25) is 17.8 Å². The third-order valence-corrected chi connectivity index (χ3v) is 4.02. The van der Waals surface area contributed by atoms with Crippen LogP contribution in [-0.4, -0.2) is 46.8 Å². The van der Waals surface area contributed by atoms with Gasteiger partial charge >= 0.3 is 0 Å². The first kappa shape index (κ1) is 14.3. The van der Waals surface area contributed by atoms with E-state index in [9.17, 15) is 0 Å².